The number of aliphatic hydroxyl groups is 1. The Bertz CT molecular complexity index is 690. The first-order valence-corrected chi connectivity index (χ1v) is 8.24. The molecule has 0 aliphatic heterocycles. The molecule has 0 saturated heterocycles. The van der Waals surface area contributed by atoms with E-state index in [0.29, 0.717) is 25.4 Å². The maximum Gasteiger partial charge on any atom is 0.314 e. The van der Waals surface area contributed by atoms with Crippen LogP contribution in [0.2, 0.25) is 0 Å². The molecule has 0 spiro atoms. The summed E-state index contributed by atoms with van der Waals surface area (Å²) in [6.45, 7) is 3.18. The highest BCUT2D eigenvalue weighted by molar-refractivity contribution is 5.73. The minimum absolute atomic E-state index is 0.0770. The van der Waals surface area contributed by atoms with Crippen LogP contribution in [-0.2, 0) is 6.42 Å². The second kappa shape index (κ2) is 7.05. The van der Waals surface area contributed by atoms with Crippen molar-refractivity contribution in [1.29, 1.82) is 0 Å². The fourth-order valence-corrected chi connectivity index (χ4v) is 2.45. The number of nitrogens with one attached hydrogen (secondary N) is 2. The van der Waals surface area contributed by atoms with Crippen molar-refractivity contribution >= 4 is 6.03 Å². The average molecular weight is 329 g/mol. The monoisotopic (exact) mass is 329 g/mol. The van der Waals surface area contributed by atoms with Gasteiger partial charge in [-0.2, -0.15) is 0 Å². The lowest BCUT2D eigenvalue weighted by Crippen LogP contribution is -2.40. The van der Waals surface area contributed by atoms with Crippen LogP contribution in [0, 0.1) is 12.3 Å². The Labute approximate surface area is 141 Å². The standard InChI is InChI=1S/C18H23N3O3/c1-13-2-4-14(5-3-13)16-21-15(10-24-16)6-9-19-17(23)20-11-18(12-22)7-8-18/h2-5,10,22H,6-9,11-12H2,1H3,(H2,19,20,23). The van der Waals surface area contributed by atoms with E-state index in [0.717, 1.165) is 24.1 Å². The summed E-state index contributed by atoms with van der Waals surface area (Å²) in [6, 6.07) is 7.78. The van der Waals surface area contributed by atoms with Gasteiger partial charge in [-0.25, -0.2) is 9.78 Å². The Morgan fingerprint density at radius 1 is 1.29 bits per heavy atom. The lowest BCUT2D eigenvalue weighted by molar-refractivity contribution is 0.203. The van der Waals surface area contributed by atoms with Gasteiger partial charge in [0.2, 0.25) is 5.89 Å². The van der Waals surface area contributed by atoms with Gasteiger partial charge in [-0.15, -0.1) is 0 Å². The SMILES string of the molecule is Cc1ccc(-c2nc(CCNC(=O)NCC3(CO)CC3)co2)cc1. The number of oxazole rings is 1. The van der Waals surface area contributed by atoms with Crippen LogP contribution in [0.4, 0.5) is 4.79 Å². The van der Waals surface area contributed by atoms with Crippen LogP contribution in [-0.4, -0.2) is 35.8 Å². The molecule has 3 rings (SSSR count). The Morgan fingerprint density at radius 2 is 2.04 bits per heavy atom. The zero-order chi connectivity index (χ0) is 17.0. The van der Waals surface area contributed by atoms with Crippen LogP contribution >= 0.6 is 0 Å². The van der Waals surface area contributed by atoms with E-state index in [2.05, 4.69) is 15.6 Å². The molecule has 0 unspecified atom stereocenters. The molecule has 1 aromatic heterocycles. The number of aromatic nitrogens is 1. The largest absolute Gasteiger partial charge is 0.444 e. The van der Waals surface area contributed by atoms with E-state index in [1.807, 2.05) is 31.2 Å². The van der Waals surface area contributed by atoms with Gasteiger partial charge in [0, 0.05) is 30.5 Å². The summed E-state index contributed by atoms with van der Waals surface area (Å²) in [6.07, 6.45) is 4.18. The van der Waals surface area contributed by atoms with Gasteiger partial charge in [-0.1, -0.05) is 17.7 Å². The Morgan fingerprint density at radius 3 is 2.71 bits per heavy atom. The van der Waals surface area contributed by atoms with Crippen molar-refractivity contribution in [1.82, 2.24) is 15.6 Å². The molecule has 6 heteroatoms. The highest BCUT2D eigenvalue weighted by Gasteiger charge is 2.42. The summed E-state index contributed by atoms with van der Waals surface area (Å²) in [5, 5.41) is 14.8. The van der Waals surface area contributed by atoms with E-state index in [4.69, 9.17) is 4.42 Å². The molecule has 2 amide bonds. The summed E-state index contributed by atoms with van der Waals surface area (Å²) >= 11 is 0. The van der Waals surface area contributed by atoms with Crippen LogP contribution in [0.25, 0.3) is 11.5 Å². The van der Waals surface area contributed by atoms with E-state index in [1.165, 1.54) is 5.56 Å². The maximum absolute atomic E-state index is 11.7. The topological polar surface area (TPSA) is 87.4 Å². The lowest BCUT2D eigenvalue weighted by Gasteiger charge is -2.13. The Kier molecular flexibility index (Phi) is 4.85. The van der Waals surface area contributed by atoms with Gasteiger partial charge in [0.1, 0.15) is 6.26 Å². The molecule has 0 bridgehead atoms. The van der Waals surface area contributed by atoms with E-state index in [9.17, 15) is 9.90 Å². The second-order valence-corrected chi connectivity index (χ2v) is 6.53. The summed E-state index contributed by atoms with van der Waals surface area (Å²) in [4.78, 5) is 16.2. The summed E-state index contributed by atoms with van der Waals surface area (Å²) in [5.41, 5.74) is 2.86. The summed E-state index contributed by atoms with van der Waals surface area (Å²) < 4.78 is 5.50. The molecule has 128 valence electrons. The molecule has 1 fully saturated rings. The van der Waals surface area contributed by atoms with Crippen molar-refractivity contribution in [2.45, 2.75) is 26.2 Å². The minimum Gasteiger partial charge on any atom is -0.444 e. The summed E-state index contributed by atoms with van der Waals surface area (Å²) in [5.74, 6) is 0.591. The third kappa shape index (κ3) is 4.14. The van der Waals surface area contributed by atoms with E-state index in [-0.39, 0.29) is 18.1 Å². The number of rotatable bonds is 7. The molecule has 1 heterocycles. The lowest BCUT2D eigenvalue weighted by atomic mass is 10.1. The number of urea groups is 1. The third-order valence-electron chi connectivity index (χ3n) is 4.43. The third-order valence-corrected chi connectivity index (χ3v) is 4.43. The highest BCUT2D eigenvalue weighted by atomic mass is 16.3. The fraction of sp³-hybridized carbons (Fsp3) is 0.444. The van der Waals surface area contributed by atoms with Gasteiger partial charge in [0.05, 0.1) is 12.3 Å². The van der Waals surface area contributed by atoms with Crippen LogP contribution in [0.3, 0.4) is 0 Å². The molecule has 6 nitrogen and oxygen atoms in total. The molecule has 0 radical (unpaired) electrons. The van der Waals surface area contributed by atoms with Gasteiger partial charge in [0.25, 0.3) is 0 Å². The van der Waals surface area contributed by atoms with Crippen LogP contribution in [0.5, 0.6) is 0 Å². The first-order valence-electron chi connectivity index (χ1n) is 8.24. The van der Waals surface area contributed by atoms with Crippen LogP contribution < -0.4 is 10.6 Å². The number of aryl methyl sites for hydroxylation is 1. The summed E-state index contributed by atoms with van der Waals surface area (Å²) in [7, 11) is 0. The number of carbonyl (C=O) groups excluding carboxylic acids is 1. The number of amides is 2. The molecule has 0 atom stereocenters. The molecule has 3 N–H and O–H groups in total. The molecule has 2 aromatic rings. The number of hydrogen-bond donors (Lipinski definition) is 3. The van der Waals surface area contributed by atoms with E-state index in [1.54, 1.807) is 6.26 Å². The maximum atomic E-state index is 11.7. The Balaban J connectivity index is 1.42. The quantitative estimate of drug-likeness (QED) is 0.727. The first-order chi connectivity index (χ1) is 11.6. The van der Waals surface area contributed by atoms with Gasteiger partial charge in [0.15, 0.2) is 0 Å². The smallest absolute Gasteiger partial charge is 0.314 e. The molecule has 1 aromatic carbocycles. The Hall–Kier alpha value is -2.34. The molecular weight excluding hydrogens is 306 g/mol. The molecule has 1 aliphatic carbocycles. The van der Waals surface area contributed by atoms with Crippen LogP contribution in [0.1, 0.15) is 24.1 Å². The van der Waals surface area contributed by atoms with Crippen molar-refractivity contribution in [2.75, 3.05) is 19.7 Å². The van der Waals surface area contributed by atoms with Gasteiger partial charge < -0.3 is 20.2 Å². The predicted molar refractivity (Wildman–Crippen MR) is 90.5 cm³/mol. The zero-order valence-corrected chi connectivity index (χ0v) is 13.8. The van der Waals surface area contributed by atoms with Crippen molar-refractivity contribution in [2.24, 2.45) is 5.41 Å². The zero-order valence-electron chi connectivity index (χ0n) is 13.8. The normalized spacial score (nSPS) is 15.1. The van der Waals surface area contributed by atoms with Gasteiger partial charge in [-0.05, 0) is 31.9 Å². The minimum atomic E-state index is -0.211. The van der Waals surface area contributed by atoms with E-state index >= 15 is 0 Å². The van der Waals surface area contributed by atoms with Crippen molar-refractivity contribution < 1.29 is 14.3 Å². The van der Waals surface area contributed by atoms with Crippen molar-refractivity contribution in [3.63, 3.8) is 0 Å². The average Bonchev–Trinajstić information content (AvgIpc) is 3.23. The van der Waals surface area contributed by atoms with Crippen molar-refractivity contribution in [3.8, 4) is 11.5 Å². The van der Waals surface area contributed by atoms with E-state index < -0.39 is 0 Å². The number of hydrogen-bond acceptors (Lipinski definition) is 4. The molecule has 24 heavy (non-hydrogen) atoms. The van der Waals surface area contributed by atoms with Gasteiger partial charge >= 0.3 is 6.03 Å². The first kappa shape index (κ1) is 16.5. The van der Waals surface area contributed by atoms with Gasteiger partial charge in [-0.3, -0.25) is 0 Å². The number of aliphatic hydroxyl groups excluding tert-OH is 1. The second-order valence-electron chi connectivity index (χ2n) is 6.53. The predicted octanol–water partition coefficient (Wildman–Crippen LogP) is 2.26. The number of carbonyl (C=O) groups is 1. The van der Waals surface area contributed by atoms with Crippen LogP contribution in [0.15, 0.2) is 34.9 Å². The number of benzene rings is 1. The molecule has 1 aliphatic rings. The molecular formula is C18H23N3O3. The highest BCUT2D eigenvalue weighted by Crippen LogP contribution is 2.44. The molecule has 1 saturated carbocycles. The number of nitrogens with zero attached hydrogens (tertiary/aromatic N) is 1. The fourth-order valence-electron chi connectivity index (χ4n) is 2.45. The van der Waals surface area contributed by atoms with Crippen molar-refractivity contribution in [3.05, 3.63) is 41.8 Å².